The predicted octanol–water partition coefficient (Wildman–Crippen LogP) is 1.31. The maximum absolute atomic E-state index is 11.8. The molecule has 1 heterocycles. The van der Waals surface area contributed by atoms with Gasteiger partial charge in [0, 0.05) is 18.8 Å². The quantitative estimate of drug-likeness (QED) is 0.848. The third-order valence-electron chi connectivity index (χ3n) is 3.29. The van der Waals surface area contributed by atoms with Gasteiger partial charge in [-0.1, -0.05) is 6.07 Å². The molecule has 0 unspecified atom stereocenters. The Morgan fingerprint density at radius 3 is 2.61 bits per heavy atom. The summed E-state index contributed by atoms with van der Waals surface area (Å²) in [6.45, 7) is 7.31. The lowest BCUT2D eigenvalue weighted by Gasteiger charge is -2.43. The highest BCUT2D eigenvalue weighted by atomic mass is 16.3. The fraction of sp³-hybridized carbons (Fsp3) is 0.500. The number of benzene rings is 1. The van der Waals surface area contributed by atoms with E-state index in [1.165, 1.54) is 11.1 Å². The number of aryl methyl sites for hydroxylation is 2. The van der Waals surface area contributed by atoms with Crippen molar-refractivity contribution in [2.45, 2.75) is 26.4 Å². The van der Waals surface area contributed by atoms with E-state index in [1.54, 1.807) is 6.92 Å². The van der Waals surface area contributed by atoms with E-state index in [0.717, 1.165) is 5.69 Å². The van der Waals surface area contributed by atoms with Gasteiger partial charge in [0.25, 0.3) is 0 Å². The topological polar surface area (TPSA) is 52.6 Å². The molecule has 0 saturated carbocycles. The van der Waals surface area contributed by atoms with Crippen molar-refractivity contribution in [1.29, 1.82) is 0 Å². The predicted molar refractivity (Wildman–Crippen MR) is 71.6 cm³/mol. The number of nitrogens with zero attached hydrogens (tertiary/aromatic N) is 1. The number of rotatable bonds is 3. The van der Waals surface area contributed by atoms with Gasteiger partial charge in [-0.15, -0.1) is 0 Å². The Bertz CT molecular complexity index is 461. The third-order valence-corrected chi connectivity index (χ3v) is 3.29. The molecule has 0 bridgehead atoms. The summed E-state index contributed by atoms with van der Waals surface area (Å²) in [5.74, 6) is -0.0336. The first-order chi connectivity index (χ1) is 8.35. The molecular formula is C14H20N2O2. The molecular weight excluding hydrogens is 228 g/mol. The van der Waals surface area contributed by atoms with Crippen LogP contribution in [-0.4, -0.2) is 41.1 Å². The summed E-state index contributed by atoms with van der Waals surface area (Å²) in [4.78, 5) is 13.7. The summed E-state index contributed by atoms with van der Waals surface area (Å²) in [7, 11) is 0. The molecule has 1 aliphatic heterocycles. The number of aliphatic hydroxyl groups is 1. The molecule has 2 N–H and O–H groups in total. The summed E-state index contributed by atoms with van der Waals surface area (Å²) >= 11 is 0. The first-order valence-corrected chi connectivity index (χ1v) is 6.18. The largest absolute Gasteiger partial charge is 0.388 e. The van der Waals surface area contributed by atoms with Gasteiger partial charge in [0.1, 0.15) is 0 Å². The highest BCUT2D eigenvalue weighted by Crippen LogP contribution is 2.19. The minimum atomic E-state index is -0.624. The number of carbonyl (C=O) groups excluding carboxylic acids is 1. The van der Waals surface area contributed by atoms with Gasteiger partial charge in [-0.3, -0.25) is 9.69 Å². The molecule has 0 aromatic heterocycles. The standard InChI is InChI=1S/C14H20N2O2/c1-10-4-5-12(6-11(10)2)15-13(17)7-16-8-14(3,18)9-16/h4-6,18H,7-9H2,1-3H3,(H,15,17). The molecule has 1 aliphatic rings. The number of hydrogen-bond acceptors (Lipinski definition) is 3. The Labute approximate surface area is 108 Å². The zero-order chi connectivity index (χ0) is 13.3. The smallest absolute Gasteiger partial charge is 0.238 e. The minimum absolute atomic E-state index is 0.0336. The normalized spacial score (nSPS) is 18.2. The number of β-amino-alcohol motifs (C(OH)–C–C–N with tert-alkyl or cyclic N) is 1. The van der Waals surface area contributed by atoms with Crippen molar-refractivity contribution in [3.8, 4) is 0 Å². The summed E-state index contributed by atoms with van der Waals surface area (Å²) in [6.07, 6.45) is 0. The zero-order valence-electron chi connectivity index (χ0n) is 11.2. The summed E-state index contributed by atoms with van der Waals surface area (Å²) in [5, 5.41) is 12.5. The molecule has 1 fully saturated rings. The maximum atomic E-state index is 11.8. The molecule has 18 heavy (non-hydrogen) atoms. The summed E-state index contributed by atoms with van der Waals surface area (Å²) < 4.78 is 0. The highest BCUT2D eigenvalue weighted by Gasteiger charge is 2.37. The molecule has 0 spiro atoms. The maximum Gasteiger partial charge on any atom is 0.238 e. The van der Waals surface area contributed by atoms with E-state index in [9.17, 15) is 9.90 Å². The summed E-state index contributed by atoms with van der Waals surface area (Å²) in [5.41, 5.74) is 2.59. The second kappa shape index (κ2) is 4.71. The number of anilines is 1. The fourth-order valence-corrected chi connectivity index (χ4v) is 2.25. The van der Waals surface area contributed by atoms with Crippen molar-refractivity contribution in [1.82, 2.24) is 4.90 Å². The number of carbonyl (C=O) groups is 1. The highest BCUT2D eigenvalue weighted by molar-refractivity contribution is 5.92. The van der Waals surface area contributed by atoms with Gasteiger partial charge < -0.3 is 10.4 Å². The average molecular weight is 248 g/mol. The van der Waals surface area contributed by atoms with E-state index < -0.39 is 5.60 Å². The molecule has 2 rings (SSSR count). The van der Waals surface area contributed by atoms with Crippen LogP contribution in [0.5, 0.6) is 0 Å². The molecule has 0 radical (unpaired) electrons. The lowest BCUT2D eigenvalue weighted by molar-refractivity contribution is -0.125. The van der Waals surface area contributed by atoms with E-state index in [-0.39, 0.29) is 5.91 Å². The molecule has 1 saturated heterocycles. The first kappa shape index (κ1) is 13.1. The van der Waals surface area contributed by atoms with Crippen molar-refractivity contribution in [2.75, 3.05) is 25.0 Å². The molecule has 1 aromatic carbocycles. The fourth-order valence-electron chi connectivity index (χ4n) is 2.25. The van der Waals surface area contributed by atoms with Crippen LogP contribution in [0.4, 0.5) is 5.69 Å². The van der Waals surface area contributed by atoms with Gasteiger partial charge in [-0.2, -0.15) is 0 Å². The van der Waals surface area contributed by atoms with Crippen LogP contribution in [0, 0.1) is 13.8 Å². The van der Waals surface area contributed by atoms with Crippen molar-refractivity contribution in [2.24, 2.45) is 0 Å². The van der Waals surface area contributed by atoms with Gasteiger partial charge in [-0.25, -0.2) is 0 Å². The molecule has 1 amide bonds. The Hall–Kier alpha value is -1.39. The molecule has 4 nitrogen and oxygen atoms in total. The van der Waals surface area contributed by atoms with Crippen molar-refractivity contribution >= 4 is 11.6 Å². The van der Waals surface area contributed by atoms with Crippen LogP contribution in [0.1, 0.15) is 18.1 Å². The SMILES string of the molecule is Cc1ccc(NC(=O)CN2CC(C)(O)C2)cc1C. The monoisotopic (exact) mass is 248 g/mol. The molecule has 4 heteroatoms. The van der Waals surface area contributed by atoms with Crippen molar-refractivity contribution in [3.05, 3.63) is 29.3 Å². The van der Waals surface area contributed by atoms with Crippen molar-refractivity contribution in [3.63, 3.8) is 0 Å². The molecule has 1 aromatic rings. The van der Waals surface area contributed by atoms with E-state index in [4.69, 9.17) is 0 Å². The molecule has 98 valence electrons. The van der Waals surface area contributed by atoms with E-state index in [0.29, 0.717) is 19.6 Å². The summed E-state index contributed by atoms with van der Waals surface area (Å²) in [6, 6.07) is 5.88. The minimum Gasteiger partial charge on any atom is -0.388 e. The van der Waals surface area contributed by atoms with Crippen LogP contribution in [0.3, 0.4) is 0 Å². The van der Waals surface area contributed by atoms with E-state index in [1.807, 2.05) is 36.9 Å². The lowest BCUT2D eigenvalue weighted by atomic mass is 9.97. The van der Waals surface area contributed by atoms with Gasteiger partial charge in [-0.05, 0) is 44.0 Å². The van der Waals surface area contributed by atoms with E-state index >= 15 is 0 Å². The molecule has 0 atom stereocenters. The van der Waals surface area contributed by atoms with E-state index in [2.05, 4.69) is 5.32 Å². The Balaban J connectivity index is 1.86. The second-order valence-electron chi connectivity index (χ2n) is 5.49. The number of nitrogens with one attached hydrogen (secondary N) is 1. The van der Waals surface area contributed by atoms with Crippen LogP contribution in [0.15, 0.2) is 18.2 Å². The van der Waals surface area contributed by atoms with Gasteiger partial charge in [0.15, 0.2) is 0 Å². The van der Waals surface area contributed by atoms with Crippen LogP contribution in [0.25, 0.3) is 0 Å². The zero-order valence-corrected chi connectivity index (χ0v) is 11.2. The van der Waals surface area contributed by atoms with Crippen LogP contribution in [-0.2, 0) is 4.79 Å². The van der Waals surface area contributed by atoms with Gasteiger partial charge in [0.05, 0.1) is 12.1 Å². The Morgan fingerprint density at radius 1 is 1.39 bits per heavy atom. The van der Waals surface area contributed by atoms with Gasteiger partial charge in [0.2, 0.25) is 5.91 Å². The third kappa shape index (κ3) is 3.09. The first-order valence-electron chi connectivity index (χ1n) is 6.18. The number of amides is 1. The number of hydrogen-bond donors (Lipinski definition) is 2. The van der Waals surface area contributed by atoms with Gasteiger partial charge >= 0.3 is 0 Å². The van der Waals surface area contributed by atoms with Crippen molar-refractivity contribution < 1.29 is 9.90 Å². The number of likely N-dealkylation sites (tertiary alicyclic amines) is 1. The van der Waals surface area contributed by atoms with Crippen LogP contribution < -0.4 is 5.32 Å². The Kier molecular flexibility index (Phi) is 3.41. The average Bonchev–Trinajstić information content (AvgIpc) is 2.21. The van der Waals surface area contributed by atoms with Crippen LogP contribution in [0.2, 0.25) is 0 Å². The lowest BCUT2D eigenvalue weighted by Crippen LogP contribution is -2.61. The Morgan fingerprint density at radius 2 is 2.06 bits per heavy atom. The second-order valence-corrected chi connectivity index (χ2v) is 5.49. The molecule has 0 aliphatic carbocycles. The van der Waals surface area contributed by atoms with Crippen LogP contribution >= 0.6 is 0 Å².